The third-order valence-corrected chi connectivity index (χ3v) is 5.16. The predicted octanol–water partition coefficient (Wildman–Crippen LogP) is 2.98. The van der Waals surface area contributed by atoms with Crippen LogP contribution in [0.1, 0.15) is 43.4 Å². The van der Waals surface area contributed by atoms with Gasteiger partial charge in [0.1, 0.15) is 11.3 Å². The summed E-state index contributed by atoms with van der Waals surface area (Å²) in [5.74, 6) is -0.690. The van der Waals surface area contributed by atoms with Crippen LogP contribution >= 0.6 is 23.2 Å². The van der Waals surface area contributed by atoms with E-state index in [1.807, 2.05) is 0 Å². The fourth-order valence-corrected chi connectivity index (χ4v) is 3.28. The Hall–Kier alpha value is -1.44. The van der Waals surface area contributed by atoms with Crippen LogP contribution in [0.25, 0.3) is 0 Å². The summed E-state index contributed by atoms with van der Waals surface area (Å²) in [6, 6.07) is -0.287. The summed E-state index contributed by atoms with van der Waals surface area (Å²) in [4.78, 5) is 29.1. The molecule has 1 aromatic heterocycles. The zero-order chi connectivity index (χ0) is 19.6. The number of amides is 2. The van der Waals surface area contributed by atoms with Gasteiger partial charge in [0.25, 0.3) is 5.91 Å². The van der Waals surface area contributed by atoms with Crippen molar-refractivity contribution in [2.24, 2.45) is 5.92 Å². The van der Waals surface area contributed by atoms with E-state index in [-0.39, 0.29) is 35.2 Å². The van der Waals surface area contributed by atoms with E-state index >= 15 is 0 Å². The van der Waals surface area contributed by atoms with Crippen LogP contribution in [-0.4, -0.2) is 58.3 Å². The summed E-state index contributed by atoms with van der Waals surface area (Å²) in [6.07, 6.45) is 0.0805. The molecule has 2 atom stereocenters. The molecule has 2 rings (SSSR count). The first-order chi connectivity index (χ1) is 12.0. The Bertz CT molecular complexity index is 684. The molecule has 9 heteroatoms. The monoisotopic (exact) mass is 405 g/mol. The number of H-pyrrole nitrogens is 1. The van der Waals surface area contributed by atoms with Crippen molar-refractivity contribution in [3.63, 3.8) is 0 Å². The van der Waals surface area contributed by atoms with Crippen molar-refractivity contribution in [1.82, 2.24) is 15.2 Å². The van der Waals surface area contributed by atoms with Gasteiger partial charge in [-0.25, -0.2) is 4.79 Å². The zero-order valence-corrected chi connectivity index (χ0v) is 16.9. The van der Waals surface area contributed by atoms with Crippen molar-refractivity contribution >= 4 is 35.2 Å². The van der Waals surface area contributed by atoms with Crippen LogP contribution in [0.2, 0.25) is 10.0 Å². The molecule has 26 heavy (non-hydrogen) atoms. The summed E-state index contributed by atoms with van der Waals surface area (Å²) in [7, 11) is 0. The largest absolute Gasteiger partial charge is 0.444 e. The Kier molecular flexibility index (Phi) is 6.47. The quantitative estimate of drug-likeness (QED) is 0.719. The molecule has 0 unspecified atom stereocenters. The first-order valence-electron chi connectivity index (χ1n) is 8.46. The summed E-state index contributed by atoms with van der Waals surface area (Å²) >= 11 is 12.1. The van der Waals surface area contributed by atoms with E-state index in [2.05, 4.69) is 10.3 Å². The Morgan fingerprint density at radius 1 is 1.35 bits per heavy atom. The molecule has 2 heterocycles. The molecule has 2 amide bonds. The lowest BCUT2D eigenvalue weighted by molar-refractivity contribution is 0.00870. The molecule has 1 fully saturated rings. The van der Waals surface area contributed by atoms with Gasteiger partial charge in [0.15, 0.2) is 0 Å². The van der Waals surface area contributed by atoms with E-state index in [4.69, 9.17) is 27.9 Å². The minimum Gasteiger partial charge on any atom is -0.444 e. The number of likely N-dealkylation sites (tertiary alicyclic amines) is 1. The zero-order valence-electron chi connectivity index (χ0n) is 15.4. The highest BCUT2D eigenvalue weighted by Gasteiger charge is 2.34. The van der Waals surface area contributed by atoms with E-state index in [9.17, 15) is 14.7 Å². The number of hydrogen-bond donors (Lipinski definition) is 3. The fraction of sp³-hybridized carbons (Fsp3) is 0.647. The highest BCUT2D eigenvalue weighted by molar-refractivity contribution is 6.44. The Balaban J connectivity index is 2.02. The Morgan fingerprint density at radius 2 is 2.00 bits per heavy atom. The molecule has 3 N–H and O–H groups in total. The molecule has 0 bridgehead atoms. The van der Waals surface area contributed by atoms with Gasteiger partial charge in [-0.3, -0.25) is 4.79 Å². The molecule has 0 spiro atoms. The topological polar surface area (TPSA) is 94.7 Å². The smallest absolute Gasteiger partial charge is 0.410 e. The van der Waals surface area contributed by atoms with Gasteiger partial charge in [-0.05, 0) is 34.1 Å². The second-order valence-corrected chi connectivity index (χ2v) is 8.25. The highest BCUT2D eigenvalue weighted by atomic mass is 35.5. The second kappa shape index (κ2) is 8.06. The number of carbonyl (C=O) groups excluding carboxylic acids is 2. The molecular weight excluding hydrogens is 381 g/mol. The molecule has 7 nitrogen and oxygen atoms in total. The number of nitrogens with zero attached hydrogens (tertiary/aromatic N) is 1. The molecule has 1 aromatic rings. The summed E-state index contributed by atoms with van der Waals surface area (Å²) in [6.45, 7) is 7.68. The molecular formula is C17H25Cl2N3O4. The molecule has 0 aliphatic carbocycles. The van der Waals surface area contributed by atoms with Crippen molar-refractivity contribution in [1.29, 1.82) is 0 Å². The summed E-state index contributed by atoms with van der Waals surface area (Å²) in [5, 5.41) is 13.1. The average molecular weight is 406 g/mol. The van der Waals surface area contributed by atoms with Crippen LogP contribution in [0.15, 0.2) is 0 Å². The predicted molar refractivity (Wildman–Crippen MR) is 99.8 cm³/mol. The molecule has 1 aliphatic heterocycles. The maximum absolute atomic E-state index is 12.5. The standard InChI is InChI=1S/C17H25Cl2N3O4/c1-9-12(18)13(19)14(20-9)15(24)21-11-5-6-22(7-10(11)8-23)16(25)26-17(2,3)4/h10-11,20,23H,5-8H2,1-4H3,(H,21,24)/t10-,11-/m1/s1. The van der Waals surface area contributed by atoms with E-state index in [0.29, 0.717) is 30.2 Å². The van der Waals surface area contributed by atoms with E-state index < -0.39 is 11.7 Å². The molecule has 0 saturated carbocycles. The lowest BCUT2D eigenvalue weighted by Gasteiger charge is -2.38. The Morgan fingerprint density at radius 3 is 2.50 bits per heavy atom. The van der Waals surface area contributed by atoms with Crippen LogP contribution in [0.4, 0.5) is 4.79 Å². The SMILES string of the molecule is Cc1[nH]c(C(=O)N[C@@H]2CCN(C(=O)OC(C)(C)C)C[C@@H]2CO)c(Cl)c1Cl. The highest BCUT2D eigenvalue weighted by Crippen LogP contribution is 2.29. The van der Waals surface area contributed by atoms with Crippen molar-refractivity contribution < 1.29 is 19.4 Å². The number of hydrogen-bond acceptors (Lipinski definition) is 4. The van der Waals surface area contributed by atoms with E-state index in [0.717, 1.165) is 0 Å². The molecule has 0 aromatic carbocycles. The van der Waals surface area contributed by atoms with Gasteiger partial charge in [-0.15, -0.1) is 0 Å². The van der Waals surface area contributed by atoms with Crippen molar-refractivity contribution in [3.05, 3.63) is 21.4 Å². The molecule has 146 valence electrons. The molecule has 1 aliphatic rings. The number of aromatic nitrogens is 1. The number of ether oxygens (including phenoxy) is 1. The lowest BCUT2D eigenvalue weighted by atomic mass is 9.93. The first kappa shape index (κ1) is 20.9. The van der Waals surface area contributed by atoms with Gasteiger partial charge < -0.3 is 25.0 Å². The summed E-state index contributed by atoms with van der Waals surface area (Å²) < 4.78 is 5.37. The number of aromatic amines is 1. The maximum Gasteiger partial charge on any atom is 0.410 e. The van der Waals surface area contributed by atoms with Gasteiger partial charge in [-0.2, -0.15) is 0 Å². The van der Waals surface area contributed by atoms with Gasteiger partial charge in [-0.1, -0.05) is 23.2 Å². The van der Waals surface area contributed by atoms with Crippen LogP contribution < -0.4 is 5.32 Å². The van der Waals surface area contributed by atoms with Gasteiger partial charge >= 0.3 is 6.09 Å². The van der Waals surface area contributed by atoms with E-state index in [1.54, 1.807) is 32.6 Å². The fourth-order valence-electron chi connectivity index (χ4n) is 2.87. The number of aliphatic hydroxyl groups excluding tert-OH is 1. The summed E-state index contributed by atoms with van der Waals surface area (Å²) in [5.41, 5.74) is 0.221. The third kappa shape index (κ3) is 4.84. The maximum atomic E-state index is 12.5. The lowest BCUT2D eigenvalue weighted by Crippen LogP contribution is -2.54. The van der Waals surface area contributed by atoms with Crippen LogP contribution in [-0.2, 0) is 4.74 Å². The molecule has 1 saturated heterocycles. The van der Waals surface area contributed by atoms with E-state index in [1.165, 1.54) is 0 Å². The number of halogens is 2. The van der Waals surface area contributed by atoms with Crippen LogP contribution in [0.3, 0.4) is 0 Å². The number of carbonyl (C=O) groups is 2. The van der Waals surface area contributed by atoms with Crippen molar-refractivity contribution in [2.45, 2.75) is 45.8 Å². The number of rotatable bonds is 3. The minimum absolute atomic E-state index is 0.164. The normalized spacial score (nSPS) is 20.8. The van der Waals surface area contributed by atoms with Gasteiger partial charge in [0.05, 0.1) is 10.0 Å². The third-order valence-electron chi connectivity index (χ3n) is 4.22. The number of aryl methyl sites for hydroxylation is 1. The minimum atomic E-state index is -0.585. The second-order valence-electron chi connectivity index (χ2n) is 7.49. The number of aliphatic hydroxyl groups is 1. The van der Waals surface area contributed by atoms with Crippen molar-refractivity contribution in [3.8, 4) is 0 Å². The van der Waals surface area contributed by atoms with Crippen LogP contribution in [0.5, 0.6) is 0 Å². The number of nitrogens with one attached hydrogen (secondary N) is 2. The Labute approximate surface area is 163 Å². The van der Waals surface area contributed by atoms with Gasteiger partial charge in [0.2, 0.25) is 0 Å². The average Bonchev–Trinajstić information content (AvgIpc) is 2.81. The van der Waals surface area contributed by atoms with Crippen LogP contribution in [0, 0.1) is 12.8 Å². The number of piperidine rings is 1. The first-order valence-corrected chi connectivity index (χ1v) is 9.22. The van der Waals surface area contributed by atoms with Crippen molar-refractivity contribution in [2.75, 3.05) is 19.7 Å². The van der Waals surface area contributed by atoms with Gasteiger partial charge in [0, 0.05) is 37.4 Å². The molecule has 0 radical (unpaired) electrons.